The van der Waals surface area contributed by atoms with E-state index in [1.807, 2.05) is 0 Å². The van der Waals surface area contributed by atoms with Crippen molar-refractivity contribution in [3.8, 4) is 11.5 Å². The zero-order valence-corrected chi connectivity index (χ0v) is 20.8. The molecule has 1 saturated heterocycles. The third-order valence-electron chi connectivity index (χ3n) is 6.72. The maximum absolute atomic E-state index is 13.6. The molecule has 2 heterocycles. The molecule has 2 aromatic rings. The van der Waals surface area contributed by atoms with E-state index in [1.54, 1.807) is 54.3 Å². The lowest BCUT2D eigenvalue weighted by Crippen LogP contribution is -2.64. The first-order chi connectivity index (χ1) is 17.2. The molecule has 3 amide bonds. The lowest BCUT2D eigenvalue weighted by molar-refractivity contribution is -0.148. The molecule has 0 aromatic heterocycles. The van der Waals surface area contributed by atoms with Gasteiger partial charge in [-0.1, -0.05) is 12.1 Å². The lowest BCUT2D eigenvalue weighted by Gasteiger charge is -2.48. The number of amides is 3. The largest absolute Gasteiger partial charge is 0.497 e. The first-order valence-electron chi connectivity index (χ1n) is 11.5. The molecule has 36 heavy (non-hydrogen) atoms. The number of hydrogen-bond donors (Lipinski definition) is 0. The second-order valence-corrected chi connectivity index (χ2v) is 8.90. The van der Waals surface area contributed by atoms with Gasteiger partial charge in [-0.3, -0.25) is 24.1 Å². The van der Waals surface area contributed by atoms with E-state index in [0.717, 1.165) is 0 Å². The quantitative estimate of drug-likeness (QED) is 0.517. The number of hydrogen-bond acceptors (Lipinski definition) is 7. The molecule has 1 fully saturated rings. The van der Waals surface area contributed by atoms with Crippen LogP contribution < -0.4 is 14.4 Å². The van der Waals surface area contributed by atoms with E-state index in [2.05, 4.69) is 0 Å². The Balaban J connectivity index is 1.65. The van der Waals surface area contributed by atoms with Crippen LogP contribution in [0.15, 0.2) is 42.5 Å². The Morgan fingerprint density at radius 3 is 2.33 bits per heavy atom. The van der Waals surface area contributed by atoms with Crippen molar-refractivity contribution in [3.63, 3.8) is 0 Å². The molecule has 4 rings (SSSR count). The van der Waals surface area contributed by atoms with Crippen LogP contribution in [0, 0.1) is 0 Å². The zero-order valence-electron chi connectivity index (χ0n) is 20.8. The monoisotopic (exact) mass is 495 g/mol. The molecule has 2 aromatic carbocycles. The van der Waals surface area contributed by atoms with Crippen molar-refractivity contribution in [2.24, 2.45) is 0 Å². The smallest absolute Gasteiger partial charge is 0.325 e. The SMILES string of the molecule is COC(=O)CN(Cc1cc(OC)cc(OC)c1)C(=O)CN1C(=O)c2ccccc2N2C(=O)CCC12C. The van der Waals surface area contributed by atoms with E-state index in [0.29, 0.717) is 34.7 Å². The Morgan fingerprint density at radius 2 is 1.69 bits per heavy atom. The Bertz CT molecular complexity index is 1190. The van der Waals surface area contributed by atoms with Gasteiger partial charge in [-0.2, -0.15) is 0 Å². The third kappa shape index (κ3) is 4.46. The van der Waals surface area contributed by atoms with Gasteiger partial charge in [0.1, 0.15) is 30.3 Å². The van der Waals surface area contributed by atoms with E-state index < -0.39 is 17.5 Å². The Morgan fingerprint density at radius 1 is 1.03 bits per heavy atom. The standard InChI is InChI=1S/C26H29N3O7/c1-26-10-9-22(30)29(26)21-8-6-5-7-20(21)25(33)28(26)15-23(31)27(16-24(32)36-4)14-17-11-18(34-2)13-19(12-17)35-3/h5-8,11-13H,9-10,14-16H2,1-4H3. The molecule has 0 N–H and O–H groups in total. The minimum Gasteiger partial charge on any atom is -0.497 e. The predicted molar refractivity (Wildman–Crippen MR) is 130 cm³/mol. The van der Waals surface area contributed by atoms with Crippen molar-refractivity contribution in [1.29, 1.82) is 0 Å². The molecule has 0 saturated carbocycles. The van der Waals surface area contributed by atoms with E-state index >= 15 is 0 Å². The van der Waals surface area contributed by atoms with Gasteiger partial charge in [-0.15, -0.1) is 0 Å². The summed E-state index contributed by atoms with van der Waals surface area (Å²) in [6.45, 7) is 1.22. The molecule has 1 atom stereocenters. The Hall–Kier alpha value is -4.08. The number of ether oxygens (including phenoxy) is 3. The van der Waals surface area contributed by atoms with Crippen LogP contribution in [0.2, 0.25) is 0 Å². The van der Waals surface area contributed by atoms with Gasteiger partial charge in [0.2, 0.25) is 11.8 Å². The fourth-order valence-corrected chi connectivity index (χ4v) is 4.81. The van der Waals surface area contributed by atoms with Crippen LogP contribution in [-0.4, -0.2) is 73.6 Å². The van der Waals surface area contributed by atoms with Gasteiger partial charge in [0.05, 0.1) is 32.6 Å². The highest BCUT2D eigenvalue weighted by Gasteiger charge is 2.53. The Labute approximate surface area is 209 Å². The maximum atomic E-state index is 13.6. The molecule has 0 bridgehead atoms. The molecule has 1 unspecified atom stereocenters. The fourth-order valence-electron chi connectivity index (χ4n) is 4.81. The van der Waals surface area contributed by atoms with Gasteiger partial charge >= 0.3 is 5.97 Å². The number of esters is 1. The van der Waals surface area contributed by atoms with Gasteiger partial charge in [0, 0.05) is 19.0 Å². The maximum Gasteiger partial charge on any atom is 0.325 e. The van der Waals surface area contributed by atoms with Crippen LogP contribution in [-0.2, 0) is 25.7 Å². The second kappa shape index (κ2) is 9.88. The van der Waals surface area contributed by atoms with Crippen molar-refractivity contribution in [3.05, 3.63) is 53.6 Å². The van der Waals surface area contributed by atoms with Gasteiger partial charge in [-0.05, 0) is 43.2 Å². The van der Waals surface area contributed by atoms with Crippen LogP contribution in [0.5, 0.6) is 11.5 Å². The summed E-state index contributed by atoms with van der Waals surface area (Å²) < 4.78 is 15.4. The summed E-state index contributed by atoms with van der Waals surface area (Å²) in [5.74, 6) is -0.443. The molecule has 10 nitrogen and oxygen atoms in total. The molecule has 0 aliphatic carbocycles. The normalized spacial score (nSPS) is 18.4. The molecule has 2 aliphatic heterocycles. The van der Waals surface area contributed by atoms with Crippen LogP contribution in [0.4, 0.5) is 5.69 Å². The van der Waals surface area contributed by atoms with Gasteiger partial charge in [0.25, 0.3) is 5.91 Å². The third-order valence-corrected chi connectivity index (χ3v) is 6.72. The predicted octanol–water partition coefficient (Wildman–Crippen LogP) is 2.20. The van der Waals surface area contributed by atoms with Crippen molar-refractivity contribution >= 4 is 29.4 Å². The van der Waals surface area contributed by atoms with Crippen molar-refractivity contribution in [2.45, 2.75) is 32.0 Å². The second-order valence-electron chi connectivity index (χ2n) is 8.90. The number of rotatable bonds is 8. The van der Waals surface area contributed by atoms with Crippen LogP contribution in [0.25, 0.3) is 0 Å². The summed E-state index contributed by atoms with van der Waals surface area (Å²) >= 11 is 0. The molecular weight excluding hydrogens is 466 g/mol. The molecule has 0 spiro atoms. The summed E-state index contributed by atoms with van der Waals surface area (Å²) in [6, 6.07) is 12.1. The highest BCUT2D eigenvalue weighted by atomic mass is 16.5. The summed E-state index contributed by atoms with van der Waals surface area (Å²) in [5.41, 5.74) is 0.581. The zero-order chi connectivity index (χ0) is 26.0. The first kappa shape index (κ1) is 25.0. The van der Waals surface area contributed by atoms with E-state index in [4.69, 9.17) is 14.2 Å². The number of nitrogens with zero attached hydrogens (tertiary/aromatic N) is 3. The van der Waals surface area contributed by atoms with Crippen molar-refractivity contribution in [1.82, 2.24) is 9.80 Å². The summed E-state index contributed by atoms with van der Waals surface area (Å²) in [5, 5.41) is 0. The molecular formula is C26H29N3O7. The van der Waals surface area contributed by atoms with Crippen LogP contribution in [0.1, 0.15) is 35.7 Å². The van der Waals surface area contributed by atoms with Gasteiger partial charge < -0.3 is 24.0 Å². The number of benzene rings is 2. The molecule has 0 radical (unpaired) electrons. The number of fused-ring (bicyclic) bond motifs is 3. The molecule has 2 aliphatic rings. The topological polar surface area (TPSA) is 106 Å². The molecule has 190 valence electrons. The minimum atomic E-state index is -0.992. The molecule has 10 heteroatoms. The summed E-state index contributed by atoms with van der Waals surface area (Å²) in [7, 11) is 4.28. The number of methoxy groups -OCH3 is 3. The van der Waals surface area contributed by atoms with Crippen LogP contribution in [0.3, 0.4) is 0 Å². The lowest BCUT2D eigenvalue weighted by atomic mass is 9.98. The van der Waals surface area contributed by atoms with Gasteiger partial charge in [0.15, 0.2) is 0 Å². The van der Waals surface area contributed by atoms with Crippen molar-refractivity contribution in [2.75, 3.05) is 39.3 Å². The Kier molecular flexibility index (Phi) is 6.87. The van der Waals surface area contributed by atoms with Crippen LogP contribution >= 0.6 is 0 Å². The fraction of sp³-hybridized carbons (Fsp3) is 0.385. The minimum absolute atomic E-state index is 0.0550. The van der Waals surface area contributed by atoms with E-state index in [-0.39, 0.29) is 37.9 Å². The average Bonchev–Trinajstić information content (AvgIpc) is 3.20. The number of carbonyl (C=O) groups is 4. The average molecular weight is 496 g/mol. The highest BCUT2D eigenvalue weighted by molar-refractivity contribution is 6.11. The van der Waals surface area contributed by atoms with E-state index in [9.17, 15) is 19.2 Å². The number of anilines is 1. The summed E-state index contributed by atoms with van der Waals surface area (Å²) in [4.78, 5) is 56.5. The van der Waals surface area contributed by atoms with E-state index in [1.165, 1.54) is 31.1 Å². The number of carbonyl (C=O) groups excluding carboxylic acids is 4. The van der Waals surface area contributed by atoms with Crippen molar-refractivity contribution < 1.29 is 33.4 Å². The first-order valence-corrected chi connectivity index (χ1v) is 11.5. The summed E-state index contributed by atoms with van der Waals surface area (Å²) in [6.07, 6.45) is 0.654. The van der Waals surface area contributed by atoms with Gasteiger partial charge in [-0.25, -0.2) is 0 Å². The highest BCUT2D eigenvalue weighted by Crippen LogP contribution is 2.43. The number of para-hydroxylation sites is 1.